The number of aliphatic hydroxyl groups is 1. The maximum atomic E-state index is 8.78. The fourth-order valence-electron chi connectivity index (χ4n) is 1.71. The molecule has 122 valence electrons. The first-order chi connectivity index (χ1) is 11.2. The molecule has 0 aliphatic carbocycles. The van der Waals surface area contributed by atoms with Crippen LogP contribution in [0.5, 0.6) is 6.01 Å². The highest BCUT2D eigenvalue weighted by Gasteiger charge is 2.13. The molecule has 10 heteroatoms. The zero-order valence-electron chi connectivity index (χ0n) is 12.5. The molecule has 3 N–H and O–H groups in total. The lowest BCUT2D eigenvalue weighted by Crippen LogP contribution is -2.13. The van der Waals surface area contributed by atoms with Crippen molar-refractivity contribution in [2.24, 2.45) is 9.98 Å². The highest BCUT2D eigenvalue weighted by atomic mass is 35.5. The summed E-state index contributed by atoms with van der Waals surface area (Å²) >= 11 is 5.91. The number of H-pyrrole nitrogens is 1. The van der Waals surface area contributed by atoms with E-state index in [0.717, 1.165) is 5.71 Å². The van der Waals surface area contributed by atoms with Gasteiger partial charge >= 0.3 is 0 Å². The predicted octanol–water partition coefficient (Wildman–Crippen LogP) is 1.07. The number of aromatic amines is 1. The van der Waals surface area contributed by atoms with E-state index >= 15 is 0 Å². The number of imidazole rings is 1. The minimum atomic E-state index is -0.116. The second-order valence-electron chi connectivity index (χ2n) is 4.22. The zero-order chi connectivity index (χ0) is 16.7. The van der Waals surface area contributed by atoms with E-state index in [1.165, 1.54) is 0 Å². The van der Waals surface area contributed by atoms with Gasteiger partial charge in [-0.15, -0.1) is 0 Å². The van der Waals surface area contributed by atoms with Crippen LogP contribution in [0, 0.1) is 0 Å². The van der Waals surface area contributed by atoms with Gasteiger partial charge in [0.05, 0.1) is 18.9 Å². The molecule has 0 saturated carbocycles. The number of halogens is 1. The number of nitrogens with zero attached hydrogens (tertiary/aromatic N) is 5. The monoisotopic (exact) mass is 337 g/mol. The van der Waals surface area contributed by atoms with Crippen LogP contribution in [0.2, 0.25) is 5.28 Å². The first-order valence-corrected chi connectivity index (χ1v) is 7.04. The van der Waals surface area contributed by atoms with Crippen molar-refractivity contribution in [2.45, 2.75) is 0 Å². The number of anilines is 1. The highest BCUT2D eigenvalue weighted by molar-refractivity contribution is 6.28. The molecule has 0 saturated heterocycles. The van der Waals surface area contributed by atoms with E-state index in [-0.39, 0.29) is 24.5 Å². The van der Waals surface area contributed by atoms with Crippen LogP contribution in [0.25, 0.3) is 11.2 Å². The number of fused-ring (bicyclic) bond motifs is 1. The molecular formula is C13H16ClN7O2. The van der Waals surface area contributed by atoms with Gasteiger partial charge < -0.3 is 15.2 Å². The summed E-state index contributed by atoms with van der Waals surface area (Å²) in [4.78, 5) is 23.0. The molecule has 23 heavy (non-hydrogen) atoms. The maximum absolute atomic E-state index is 8.78. The van der Waals surface area contributed by atoms with E-state index in [1.54, 1.807) is 19.3 Å². The van der Waals surface area contributed by atoms with Gasteiger partial charge in [0.15, 0.2) is 17.0 Å². The average molecular weight is 338 g/mol. The fourth-order valence-corrected chi connectivity index (χ4v) is 1.88. The Balaban J connectivity index is 2.23. The number of aliphatic hydroxyl groups excluding tert-OH is 1. The number of ether oxygens (including phenoxy) is 1. The van der Waals surface area contributed by atoms with Gasteiger partial charge in [-0.3, -0.25) is 15.0 Å². The first-order valence-electron chi connectivity index (χ1n) is 6.66. The van der Waals surface area contributed by atoms with Gasteiger partial charge in [0.1, 0.15) is 6.61 Å². The number of rotatable bonds is 8. The van der Waals surface area contributed by atoms with Crippen LogP contribution >= 0.6 is 11.6 Å². The molecule has 9 nitrogen and oxygen atoms in total. The van der Waals surface area contributed by atoms with Gasteiger partial charge in [-0.05, 0) is 24.4 Å². The zero-order valence-corrected chi connectivity index (χ0v) is 13.2. The van der Waals surface area contributed by atoms with Crippen LogP contribution < -0.4 is 10.1 Å². The van der Waals surface area contributed by atoms with Crippen molar-refractivity contribution in [2.75, 3.05) is 32.1 Å². The third-order valence-corrected chi connectivity index (χ3v) is 2.89. The molecule has 0 fully saturated rings. The minimum Gasteiger partial charge on any atom is -0.462 e. The number of aromatic nitrogens is 4. The van der Waals surface area contributed by atoms with Gasteiger partial charge in [0.2, 0.25) is 5.28 Å². The molecule has 0 aliphatic rings. The van der Waals surface area contributed by atoms with Crippen molar-refractivity contribution < 1.29 is 9.84 Å². The molecule has 2 aromatic heterocycles. The summed E-state index contributed by atoms with van der Waals surface area (Å²) in [7, 11) is 1.67. The second kappa shape index (κ2) is 8.20. The van der Waals surface area contributed by atoms with Gasteiger partial charge in [-0.2, -0.15) is 15.0 Å². The van der Waals surface area contributed by atoms with Crippen LogP contribution in [0.15, 0.2) is 22.3 Å². The molecule has 0 aromatic carbocycles. The Morgan fingerprint density at radius 2 is 2.30 bits per heavy atom. The Kier molecular flexibility index (Phi) is 6.01. The lowest BCUT2D eigenvalue weighted by molar-refractivity contribution is 0.193. The van der Waals surface area contributed by atoms with Crippen molar-refractivity contribution in [3.63, 3.8) is 0 Å². The summed E-state index contributed by atoms with van der Waals surface area (Å²) in [5, 5.41) is 11.9. The van der Waals surface area contributed by atoms with Crippen molar-refractivity contribution >= 4 is 41.0 Å². The molecule has 2 aromatic rings. The topological polar surface area (TPSA) is 121 Å². The number of aliphatic imine (C=N–C) groups is 2. The highest BCUT2D eigenvalue weighted by Crippen LogP contribution is 2.22. The lowest BCUT2D eigenvalue weighted by atomic mass is 10.3. The molecule has 0 bridgehead atoms. The van der Waals surface area contributed by atoms with Crippen molar-refractivity contribution in [1.29, 1.82) is 0 Å². The number of hydrogen-bond acceptors (Lipinski definition) is 8. The predicted molar refractivity (Wildman–Crippen MR) is 89.8 cm³/mol. The summed E-state index contributed by atoms with van der Waals surface area (Å²) in [6, 6.07) is 0.230. The van der Waals surface area contributed by atoms with E-state index in [2.05, 4.69) is 42.0 Å². The smallest absolute Gasteiger partial charge is 0.296 e. The molecular weight excluding hydrogens is 322 g/mol. The molecule has 0 unspecified atom stereocenters. The van der Waals surface area contributed by atoms with E-state index in [9.17, 15) is 0 Å². The van der Waals surface area contributed by atoms with Gasteiger partial charge in [0, 0.05) is 13.2 Å². The Labute approximate surface area is 137 Å². The Morgan fingerprint density at radius 3 is 3.00 bits per heavy atom. The summed E-state index contributed by atoms with van der Waals surface area (Å²) < 4.78 is 5.23. The van der Waals surface area contributed by atoms with Crippen LogP contribution in [0.4, 0.5) is 5.82 Å². The minimum absolute atomic E-state index is 0.0654. The van der Waals surface area contributed by atoms with Crippen LogP contribution in [-0.4, -0.2) is 64.3 Å². The molecule has 0 atom stereocenters. The van der Waals surface area contributed by atoms with Crippen molar-refractivity contribution in [1.82, 2.24) is 19.9 Å². The van der Waals surface area contributed by atoms with Crippen LogP contribution in [0.1, 0.15) is 0 Å². The summed E-state index contributed by atoms with van der Waals surface area (Å²) in [6.07, 6.45) is 3.27. The Morgan fingerprint density at radius 1 is 1.48 bits per heavy atom. The molecule has 0 amide bonds. The SMILES string of the molecule is C=N/C=C\C(CNc1nc(Cl)nc2[nH]c(OCCO)nc12)=N/C. The molecule has 0 aliphatic heterocycles. The van der Waals surface area contributed by atoms with E-state index in [4.69, 9.17) is 21.4 Å². The van der Waals surface area contributed by atoms with Gasteiger partial charge in [-0.25, -0.2) is 0 Å². The summed E-state index contributed by atoms with van der Waals surface area (Å²) in [5.41, 5.74) is 1.65. The van der Waals surface area contributed by atoms with Crippen molar-refractivity contribution in [3.05, 3.63) is 17.6 Å². The van der Waals surface area contributed by atoms with Crippen molar-refractivity contribution in [3.8, 4) is 6.01 Å². The standard InChI is InChI=1S/C13H16ClN7O2/c1-15-4-3-8(16-2)7-17-10-9-11(20-12(14)19-10)21-13(18-9)23-6-5-22/h3-4,22H,1,5-7H2,2H3,(H2,17,18,19,20,21)/b4-3-,16-8+. The fraction of sp³-hybridized carbons (Fsp3) is 0.308. The number of hydrogen-bond donors (Lipinski definition) is 3. The third kappa shape index (κ3) is 4.47. The van der Waals surface area contributed by atoms with E-state index in [1.807, 2.05) is 0 Å². The average Bonchev–Trinajstić information content (AvgIpc) is 2.95. The second-order valence-corrected chi connectivity index (χ2v) is 4.56. The van der Waals surface area contributed by atoms with Crippen LogP contribution in [-0.2, 0) is 0 Å². The quantitative estimate of drug-likeness (QED) is 0.489. The lowest BCUT2D eigenvalue weighted by Gasteiger charge is -2.05. The Hall–Kier alpha value is -2.52. The largest absolute Gasteiger partial charge is 0.462 e. The molecule has 0 radical (unpaired) electrons. The normalized spacial score (nSPS) is 12.0. The first kappa shape index (κ1) is 16.8. The summed E-state index contributed by atoms with van der Waals surface area (Å²) in [6.45, 7) is 3.77. The summed E-state index contributed by atoms with van der Waals surface area (Å²) in [5.74, 6) is 0.441. The van der Waals surface area contributed by atoms with E-state index in [0.29, 0.717) is 23.5 Å². The Bertz CT molecular complexity index is 741. The van der Waals surface area contributed by atoms with Crippen LogP contribution in [0.3, 0.4) is 0 Å². The third-order valence-electron chi connectivity index (χ3n) is 2.72. The maximum Gasteiger partial charge on any atom is 0.296 e. The number of nitrogens with one attached hydrogen (secondary N) is 2. The molecule has 2 rings (SSSR count). The van der Waals surface area contributed by atoms with Gasteiger partial charge in [-0.1, -0.05) is 0 Å². The molecule has 2 heterocycles. The van der Waals surface area contributed by atoms with Gasteiger partial charge in [0.25, 0.3) is 6.01 Å². The van der Waals surface area contributed by atoms with E-state index < -0.39 is 0 Å². The molecule has 0 spiro atoms.